The average Bonchev–Trinajstić information content (AvgIpc) is 2.75. The molecule has 6 nitrogen and oxygen atoms in total. The summed E-state index contributed by atoms with van der Waals surface area (Å²) in [6.45, 7) is 3.22. The first-order valence-electron chi connectivity index (χ1n) is 9.61. The number of amides is 1. The predicted molar refractivity (Wildman–Crippen MR) is 117 cm³/mol. The second-order valence-electron chi connectivity index (χ2n) is 7.02. The zero-order valence-electron chi connectivity index (χ0n) is 17.1. The van der Waals surface area contributed by atoms with E-state index in [9.17, 15) is 17.6 Å². The van der Waals surface area contributed by atoms with Crippen LogP contribution in [0.5, 0.6) is 5.75 Å². The van der Waals surface area contributed by atoms with E-state index < -0.39 is 27.8 Å². The molecule has 0 radical (unpaired) electrons. The van der Waals surface area contributed by atoms with Crippen molar-refractivity contribution in [3.63, 3.8) is 0 Å². The minimum absolute atomic E-state index is 0.0856. The highest BCUT2D eigenvalue weighted by Gasteiger charge is 2.18. The molecular weight excluding hydrogens is 419 g/mol. The highest BCUT2D eigenvalue weighted by atomic mass is 32.2. The normalized spacial score (nSPS) is 12.2. The van der Waals surface area contributed by atoms with Crippen LogP contribution in [0, 0.1) is 12.7 Å². The molecule has 0 aliphatic rings. The van der Waals surface area contributed by atoms with Gasteiger partial charge in [0.1, 0.15) is 11.6 Å². The molecule has 1 atom stereocenters. The molecule has 2 N–H and O–H groups in total. The molecular formula is C23H23FN2O4S. The summed E-state index contributed by atoms with van der Waals surface area (Å²) in [4.78, 5) is 12.2. The number of sulfonamides is 1. The molecule has 1 amide bonds. The van der Waals surface area contributed by atoms with E-state index in [1.54, 1.807) is 19.9 Å². The molecule has 0 heterocycles. The molecule has 0 saturated heterocycles. The molecule has 0 fully saturated rings. The SMILES string of the molecule is Cc1ccc(F)cc1NC(=O)COc1ccc(S(=O)(=O)N[C@@H](C)c2ccccc2)cc1. The molecule has 31 heavy (non-hydrogen) atoms. The molecule has 0 bridgehead atoms. The zero-order valence-corrected chi connectivity index (χ0v) is 17.9. The lowest BCUT2D eigenvalue weighted by molar-refractivity contribution is -0.118. The van der Waals surface area contributed by atoms with E-state index in [0.717, 1.165) is 11.1 Å². The van der Waals surface area contributed by atoms with Crippen molar-refractivity contribution in [1.82, 2.24) is 4.72 Å². The quantitative estimate of drug-likeness (QED) is 0.548. The number of anilines is 1. The van der Waals surface area contributed by atoms with Gasteiger partial charge < -0.3 is 10.1 Å². The van der Waals surface area contributed by atoms with Crippen molar-refractivity contribution >= 4 is 21.6 Å². The summed E-state index contributed by atoms with van der Waals surface area (Å²) in [5.74, 6) is -0.571. The van der Waals surface area contributed by atoms with Crippen molar-refractivity contribution in [2.45, 2.75) is 24.8 Å². The van der Waals surface area contributed by atoms with Crippen LogP contribution < -0.4 is 14.8 Å². The van der Waals surface area contributed by atoms with Gasteiger partial charge in [-0.05, 0) is 61.4 Å². The second-order valence-corrected chi connectivity index (χ2v) is 8.74. The van der Waals surface area contributed by atoms with Crippen molar-refractivity contribution in [3.8, 4) is 5.75 Å². The Morgan fingerprint density at radius 2 is 1.71 bits per heavy atom. The van der Waals surface area contributed by atoms with Gasteiger partial charge in [0.05, 0.1) is 4.90 Å². The van der Waals surface area contributed by atoms with Crippen LogP contribution >= 0.6 is 0 Å². The van der Waals surface area contributed by atoms with Crippen LogP contribution in [0.2, 0.25) is 0 Å². The second kappa shape index (κ2) is 9.72. The number of aryl methyl sites for hydroxylation is 1. The van der Waals surface area contributed by atoms with Crippen molar-refractivity contribution in [3.05, 3.63) is 89.7 Å². The fourth-order valence-electron chi connectivity index (χ4n) is 2.89. The molecule has 0 aliphatic carbocycles. The van der Waals surface area contributed by atoms with Gasteiger partial charge in [-0.2, -0.15) is 0 Å². The minimum Gasteiger partial charge on any atom is -0.484 e. The Kier molecular flexibility index (Phi) is 7.04. The third-order valence-corrected chi connectivity index (χ3v) is 6.17. The highest BCUT2D eigenvalue weighted by Crippen LogP contribution is 2.20. The molecule has 3 aromatic carbocycles. The molecule has 0 aliphatic heterocycles. The number of rotatable bonds is 8. The summed E-state index contributed by atoms with van der Waals surface area (Å²) in [5, 5.41) is 2.58. The summed E-state index contributed by atoms with van der Waals surface area (Å²) in [6, 6.07) is 18.7. The molecule has 162 valence electrons. The fourth-order valence-corrected chi connectivity index (χ4v) is 4.12. The number of hydrogen-bond donors (Lipinski definition) is 2. The maximum Gasteiger partial charge on any atom is 0.262 e. The number of hydrogen-bond acceptors (Lipinski definition) is 4. The van der Waals surface area contributed by atoms with Crippen LogP contribution in [0.15, 0.2) is 77.7 Å². The predicted octanol–water partition coefficient (Wildman–Crippen LogP) is 4.19. The first kappa shape index (κ1) is 22.5. The van der Waals surface area contributed by atoms with Gasteiger partial charge in [-0.25, -0.2) is 17.5 Å². The summed E-state index contributed by atoms with van der Waals surface area (Å²) >= 11 is 0. The number of halogens is 1. The first-order valence-corrected chi connectivity index (χ1v) is 11.1. The Morgan fingerprint density at radius 3 is 2.39 bits per heavy atom. The van der Waals surface area contributed by atoms with Crippen LogP contribution in [0.1, 0.15) is 24.1 Å². The van der Waals surface area contributed by atoms with Crippen LogP contribution in [-0.4, -0.2) is 20.9 Å². The maximum absolute atomic E-state index is 13.3. The summed E-state index contributed by atoms with van der Waals surface area (Å²) in [5.41, 5.74) is 1.95. The van der Waals surface area contributed by atoms with Gasteiger partial charge in [0.25, 0.3) is 5.91 Å². The van der Waals surface area contributed by atoms with Crippen LogP contribution in [-0.2, 0) is 14.8 Å². The van der Waals surface area contributed by atoms with Gasteiger partial charge in [-0.3, -0.25) is 4.79 Å². The molecule has 0 saturated carbocycles. The fraction of sp³-hybridized carbons (Fsp3) is 0.174. The first-order chi connectivity index (χ1) is 14.7. The van der Waals surface area contributed by atoms with E-state index in [2.05, 4.69) is 10.0 Å². The van der Waals surface area contributed by atoms with Gasteiger partial charge in [-0.15, -0.1) is 0 Å². The third-order valence-electron chi connectivity index (χ3n) is 4.61. The third kappa shape index (κ3) is 6.13. The van der Waals surface area contributed by atoms with E-state index in [4.69, 9.17) is 4.74 Å². The summed E-state index contributed by atoms with van der Waals surface area (Å²) in [7, 11) is -3.73. The smallest absolute Gasteiger partial charge is 0.262 e. The number of benzene rings is 3. The van der Waals surface area contributed by atoms with E-state index >= 15 is 0 Å². The number of ether oxygens (including phenoxy) is 1. The van der Waals surface area contributed by atoms with Gasteiger partial charge in [-0.1, -0.05) is 36.4 Å². The monoisotopic (exact) mass is 442 g/mol. The van der Waals surface area contributed by atoms with E-state index in [-0.39, 0.29) is 11.5 Å². The lowest BCUT2D eigenvalue weighted by Crippen LogP contribution is -2.26. The van der Waals surface area contributed by atoms with Gasteiger partial charge in [0.2, 0.25) is 10.0 Å². The highest BCUT2D eigenvalue weighted by molar-refractivity contribution is 7.89. The van der Waals surface area contributed by atoms with Crippen LogP contribution in [0.25, 0.3) is 0 Å². The van der Waals surface area contributed by atoms with Crippen LogP contribution in [0.3, 0.4) is 0 Å². The van der Waals surface area contributed by atoms with Crippen molar-refractivity contribution in [2.24, 2.45) is 0 Å². The Balaban J connectivity index is 1.58. The Bertz CT molecular complexity index is 1150. The average molecular weight is 443 g/mol. The van der Waals surface area contributed by atoms with E-state index in [0.29, 0.717) is 11.4 Å². The Hall–Kier alpha value is -3.23. The Labute approximate surface area is 181 Å². The lowest BCUT2D eigenvalue weighted by Gasteiger charge is -2.15. The summed E-state index contributed by atoms with van der Waals surface area (Å²) in [6.07, 6.45) is 0. The zero-order chi connectivity index (χ0) is 22.4. The van der Waals surface area contributed by atoms with E-state index in [1.807, 2.05) is 30.3 Å². The topological polar surface area (TPSA) is 84.5 Å². The molecule has 8 heteroatoms. The molecule has 0 spiro atoms. The number of carbonyl (C=O) groups is 1. The van der Waals surface area contributed by atoms with Crippen molar-refractivity contribution in [1.29, 1.82) is 0 Å². The molecule has 3 rings (SSSR count). The molecule has 3 aromatic rings. The number of nitrogens with one attached hydrogen (secondary N) is 2. The standard InChI is InChI=1S/C23H23FN2O4S/c1-16-8-9-19(24)14-22(16)25-23(27)15-30-20-10-12-21(13-11-20)31(28,29)26-17(2)18-6-4-3-5-7-18/h3-14,17,26H,15H2,1-2H3,(H,25,27)/t17-/m0/s1. The van der Waals surface area contributed by atoms with Gasteiger partial charge in [0.15, 0.2) is 6.61 Å². The van der Waals surface area contributed by atoms with Gasteiger partial charge >= 0.3 is 0 Å². The van der Waals surface area contributed by atoms with E-state index in [1.165, 1.54) is 36.4 Å². The summed E-state index contributed by atoms with van der Waals surface area (Å²) < 4.78 is 46.6. The Morgan fingerprint density at radius 1 is 1.03 bits per heavy atom. The molecule has 0 aromatic heterocycles. The van der Waals surface area contributed by atoms with Gasteiger partial charge in [0, 0.05) is 11.7 Å². The largest absolute Gasteiger partial charge is 0.484 e. The minimum atomic E-state index is -3.73. The molecule has 0 unspecified atom stereocenters. The van der Waals surface area contributed by atoms with Crippen molar-refractivity contribution in [2.75, 3.05) is 11.9 Å². The van der Waals surface area contributed by atoms with Crippen molar-refractivity contribution < 1.29 is 22.3 Å². The number of carbonyl (C=O) groups excluding carboxylic acids is 1. The van der Waals surface area contributed by atoms with Crippen LogP contribution in [0.4, 0.5) is 10.1 Å². The maximum atomic E-state index is 13.3. The lowest BCUT2D eigenvalue weighted by atomic mass is 10.1.